The lowest BCUT2D eigenvalue weighted by molar-refractivity contribution is -0.140. The number of carbonyl (C=O) groups is 1. The van der Waals surface area contributed by atoms with Crippen LogP contribution < -0.4 is 29.1 Å². The Kier molecular flexibility index (Phi) is 9.49. The number of ether oxygens (including phenoxy) is 5. The SMILES string of the molecule is COCCOC(=O)C1=C(C)N=c2s/c(=C/c3cc(OC)c(OC)cc3Br)c(=O)n2[C@@H]1c1ccccc1OC(C)C. The fourth-order valence-corrected chi connectivity index (χ4v) is 5.84. The number of thiazole rings is 1. The van der Waals surface area contributed by atoms with Crippen molar-refractivity contribution in [1.82, 2.24) is 4.57 Å². The monoisotopic (exact) mass is 630 g/mol. The molecular weight excluding hydrogens is 600 g/mol. The molecule has 0 N–H and O–H groups in total. The molecule has 0 aliphatic carbocycles. The van der Waals surface area contributed by atoms with Crippen LogP contribution in [0.15, 0.2) is 61.9 Å². The highest BCUT2D eigenvalue weighted by Gasteiger charge is 2.35. The van der Waals surface area contributed by atoms with Crippen LogP contribution in [0.3, 0.4) is 0 Å². The average Bonchev–Trinajstić information content (AvgIpc) is 3.22. The number of rotatable bonds is 10. The molecular formula is C29H31BrN2O7S. The van der Waals surface area contributed by atoms with Crippen LogP contribution in [-0.4, -0.2) is 51.2 Å². The molecule has 3 aromatic rings. The van der Waals surface area contributed by atoms with Gasteiger partial charge in [-0.25, -0.2) is 9.79 Å². The van der Waals surface area contributed by atoms with E-state index in [0.29, 0.717) is 37.8 Å². The van der Waals surface area contributed by atoms with E-state index in [1.54, 1.807) is 39.4 Å². The largest absolute Gasteiger partial charge is 0.493 e. The first-order valence-corrected chi connectivity index (χ1v) is 14.2. The third kappa shape index (κ3) is 6.01. The number of hydrogen-bond acceptors (Lipinski definition) is 9. The smallest absolute Gasteiger partial charge is 0.338 e. The van der Waals surface area contributed by atoms with Crippen LogP contribution in [0.4, 0.5) is 0 Å². The summed E-state index contributed by atoms with van der Waals surface area (Å²) in [5.41, 5.74) is 1.81. The lowest BCUT2D eigenvalue weighted by Gasteiger charge is -2.27. The van der Waals surface area contributed by atoms with E-state index >= 15 is 0 Å². The number of allylic oxidation sites excluding steroid dienone is 1. The molecule has 0 fully saturated rings. The van der Waals surface area contributed by atoms with Gasteiger partial charge < -0.3 is 23.7 Å². The number of aromatic nitrogens is 1. The molecule has 2 heterocycles. The molecule has 2 aromatic carbocycles. The van der Waals surface area contributed by atoms with Crippen molar-refractivity contribution < 1.29 is 28.5 Å². The van der Waals surface area contributed by atoms with E-state index in [-0.39, 0.29) is 30.5 Å². The molecule has 212 valence electrons. The van der Waals surface area contributed by atoms with Crippen LogP contribution >= 0.6 is 27.3 Å². The third-order valence-corrected chi connectivity index (χ3v) is 7.80. The fraction of sp³-hybridized carbons (Fsp3) is 0.345. The van der Waals surface area contributed by atoms with Crippen molar-refractivity contribution in [3.8, 4) is 17.2 Å². The van der Waals surface area contributed by atoms with Gasteiger partial charge in [-0.1, -0.05) is 45.5 Å². The summed E-state index contributed by atoms with van der Waals surface area (Å²) in [4.78, 5) is 32.6. The molecule has 0 unspecified atom stereocenters. The topological polar surface area (TPSA) is 97.6 Å². The number of hydrogen-bond donors (Lipinski definition) is 0. The molecule has 4 rings (SSSR count). The summed E-state index contributed by atoms with van der Waals surface area (Å²) < 4.78 is 30.2. The number of esters is 1. The Balaban J connectivity index is 1.94. The molecule has 0 radical (unpaired) electrons. The highest BCUT2D eigenvalue weighted by atomic mass is 79.9. The van der Waals surface area contributed by atoms with Gasteiger partial charge >= 0.3 is 5.97 Å². The lowest BCUT2D eigenvalue weighted by atomic mass is 9.95. The Morgan fingerprint density at radius 1 is 1.10 bits per heavy atom. The standard InChI is InChI=1S/C29H31BrN2O7S/c1-16(2)39-21-10-8-7-9-19(21)26-25(28(34)38-12-11-35-4)17(3)31-29-32(26)27(33)24(40-29)14-18-13-22(36-5)23(37-6)15-20(18)30/h7-10,13-16,26H,11-12H2,1-6H3/b24-14+/t26-/m1/s1. The van der Waals surface area contributed by atoms with Crippen molar-refractivity contribution in [2.45, 2.75) is 32.9 Å². The minimum absolute atomic E-state index is 0.0702. The van der Waals surface area contributed by atoms with Crippen LogP contribution in [-0.2, 0) is 14.3 Å². The predicted molar refractivity (Wildman–Crippen MR) is 156 cm³/mol. The molecule has 0 spiro atoms. The van der Waals surface area contributed by atoms with Crippen LogP contribution in [0, 0.1) is 0 Å². The Morgan fingerprint density at radius 3 is 2.48 bits per heavy atom. The molecule has 0 saturated heterocycles. The first kappa shape index (κ1) is 29.6. The molecule has 1 aliphatic heterocycles. The maximum Gasteiger partial charge on any atom is 0.338 e. The second kappa shape index (κ2) is 12.8. The van der Waals surface area contributed by atoms with Gasteiger partial charge in [-0.2, -0.15) is 0 Å². The van der Waals surface area contributed by atoms with Crippen molar-refractivity contribution >= 4 is 39.3 Å². The van der Waals surface area contributed by atoms with E-state index in [4.69, 9.17) is 23.7 Å². The number of carbonyl (C=O) groups excluding carboxylic acids is 1. The number of fused-ring (bicyclic) bond motifs is 1. The van der Waals surface area contributed by atoms with Crippen molar-refractivity contribution in [2.75, 3.05) is 34.5 Å². The van der Waals surface area contributed by atoms with E-state index in [2.05, 4.69) is 20.9 Å². The molecule has 1 atom stereocenters. The molecule has 1 aliphatic rings. The Hall–Kier alpha value is -3.41. The summed E-state index contributed by atoms with van der Waals surface area (Å²) in [7, 11) is 4.64. The minimum Gasteiger partial charge on any atom is -0.493 e. The minimum atomic E-state index is -0.808. The molecule has 0 bridgehead atoms. The number of benzene rings is 2. The summed E-state index contributed by atoms with van der Waals surface area (Å²) in [5.74, 6) is 1.08. The Bertz CT molecular complexity index is 1620. The third-order valence-electron chi connectivity index (χ3n) is 6.13. The summed E-state index contributed by atoms with van der Waals surface area (Å²) >= 11 is 4.80. The average molecular weight is 632 g/mol. The normalized spacial score (nSPS) is 15.1. The summed E-state index contributed by atoms with van der Waals surface area (Å²) in [6.07, 6.45) is 1.64. The van der Waals surface area contributed by atoms with Gasteiger partial charge in [0.1, 0.15) is 18.4 Å². The molecule has 0 amide bonds. The zero-order valence-electron chi connectivity index (χ0n) is 23.1. The number of halogens is 1. The zero-order valence-corrected chi connectivity index (χ0v) is 25.6. The first-order valence-electron chi connectivity index (χ1n) is 12.6. The Morgan fingerprint density at radius 2 is 1.80 bits per heavy atom. The molecule has 9 nitrogen and oxygen atoms in total. The molecule has 0 saturated carbocycles. The molecule has 11 heteroatoms. The highest BCUT2D eigenvalue weighted by Crippen LogP contribution is 2.37. The fourth-order valence-electron chi connectivity index (χ4n) is 4.36. The second-order valence-electron chi connectivity index (χ2n) is 9.14. The van der Waals surface area contributed by atoms with Gasteiger partial charge in [-0.3, -0.25) is 9.36 Å². The van der Waals surface area contributed by atoms with Crippen molar-refractivity contribution in [1.29, 1.82) is 0 Å². The van der Waals surface area contributed by atoms with Crippen LogP contribution in [0.2, 0.25) is 0 Å². The first-order chi connectivity index (χ1) is 19.2. The number of methoxy groups -OCH3 is 3. The van der Waals surface area contributed by atoms with E-state index < -0.39 is 12.0 Å². The zero-order chi connectivity index (χ0) is 29.0. The highest BCUT2D eigenvalue weighted by molar-refractivity contribution is 9.10. The van der Waals surface area contributed by atoms with Crippen LogP contribution in [0.25, 0.3) is 6.08 Å². The second-order valence-corrected chi connectivity index (χ2v) is 11.0. The number of para-hydroxylation sites is 1. The summed E-state index contributed by atoms with van der Waals surface area (Å²) in [6.45, 7) is 5.90. The predicted octanol–water partition coefficient (Wildman–Crippen LogP) is 3.99. The van der Waals surface area contributed by atoms with Gasteiger partial charge in [-0.05, 0) is 50.6 Å². The van der Waals surface area contributed by atoms with Gasteiger partial charge in [0.25, 0.3) is 5.56 Å². The van der Waals surface area contributed by atoms with Gasteiger partial charge in [0.15, 0.2) is 16.3 Å². The molecule has 40 heavy (non-hydrogen) atoms. The van der Waals surface area contributed by atoms with E-state index in [9.17, 15) is 9.59 Å². The molecule has 1 aromatic heterocycles. The Labute approximate surface area is 244 Å². The van der Waals surface area contributed by atoms with Crippen molar-refractivity contribution in [2.24, 2.45) is 4.99 Å². The maximum absolute atomic E-state index is 14.0. The van der Waals surface area contributed by atoms with E-state index in [1.165, 1.54) is 23.0 Å². The number of nitrogens with zero attached hydrogens (tertiary/aromatic N) is 2. The quantitative estimate of drug-likeness (QED) is 0.247. The van der Waals surface area contributed by atoms with Crippen molar-refractivity contribution in [3.05, 3.63) is 83.0 Å². The summed E-state index contributed by atoms with van der Waals surface area (Å²) in [6, 6.07) is 10.1. The van der Waals surface area contributed by atoms with Crippen LogP contribution in [0.5, 0.6) is 17.2 Å². The van der Waals surface area contributed by atoms with Gasteiger partial charge in [0.2, 0.25) is 0 Å². The van der Waals surface area contributed by atoms with Gasteiger partial charge in [-0.15, -0.1) is 0 Å². The summed E-state index contributed by atoms with van der Waals surface area (Å²) in [5, 5.41) is 0. The maximum atomic E-state index is 14.0. The van der Waals surface area contributed by atoms with Crippen molar-refractivity contribution in [3.63, 3.8) is 0 Å². The van der Waals surface area contributed by atoms with Gasteiger partial charge in [0.05, 0.1) is 42.7 Å². The van der Waals surface area contributed by atoms with Crippen LogP contribution in [0.1, 0.15) is 37.9 Å². The van der Waals surface area contributed by atoms with Gasteiger partial charge in [0, 0.05) is 17.1 Å². The lowest BCUT2D eigenvalue weighted by Crippen LogP contribution is -2.40. The van der Waals surface area contributed by atoms with E-state index in [0.717, 1.165) is 10.0 Å². The van der Waals surface area contributed by atoms with E-state index in [1.807, 2.05) is 38.1 Å².